The van der Waals surface area contributed by atoms with E-state index >= 15 is 0 Å². The molecule has 0 saturated carbocycles. The van der Waals surface area contributed by atoms with Gasteiger partial charge >= 0.3 is 0 Å². The van der Waals surface area contributed by atoms with Crippen LogP contribution in [-0.4, -0.2) is 105 Å². The highest BCUT2D eigenvalue weighted by atomic mass is 32.2. The van der Waals surface area contributed by atoms with Crippen LogP contribution in [0.1, 0.15) is 81.0 Å². The van der Waals surface area contributed by atoms with Gasteiger partial charge in [-0.1, -0.05) is 12.1 Å². The van der Waals surface area contributed by atoms with Crippen LogP contribution in [0.15, 0.2) is 98.1 Å². The Kier molecular flexibility index (Phi) is 16.3. The van der Waals surface area contributed by atoms with Crippen LogP contribution >= 0.6 is 0 Å². The number of hydrogen-bond donors (Lipinski definition) is 0. The molecule has 0 spiro atoms. The first-order valence-corrected chi connectivity index (χ1v) is 26.0. The average Bonchev–Trinajstić information content (AvgIpc) is 3.95. The molecule has 6 heterocycles. The molecule has 0 aliphatic heterocycles. The molecule has 72 heavy (non-hydrogen) atoms. The van der Waals surface area contributed by atoms with Gasteiger partial charge in [-0.05, 0) is 100 Å². The summed E-state index contributed by atoms with van der Waals surface area (Å²) >= 11 is 0. The standard InChI is InChI=1S/2C25H28N6O4S/c2*1-16-9-19(13-26-10-16)25-30-29-23(15-36(32,33)18(3)24-27-11-17(2)12-28-24)31(25)14-20-21(34-4)7-6-8-22(20)35-5/h2*6-13,18H,14-15H2,1-5H3/t2*18-/m10/s1. The number of sulfone groups is 2. The third kappa shape index (κ3) is 11.9. The van der Waals surface area contributed by atoms with Crippen molar-refractivity contribution in [2.75, 3.05) is 28.4 Å². The Labute approximate surface area is 418 Å². The van der Waals surface area contributed by atoms with Crippen LogP contribution in [0.4, 0.5) is 0 Å². The predicted molar refractivity (Wildman–Crippen MR) is 269 cm³/mol. The summed E-state index contributed by atoms with van der Waals surface area (Å²) in [5.74, 6) is 3.72. The monoisotopic (exact) mass is 1020 g/mol. The highest BCUT2D eigenvalue weighted by Gasteiger charge is 2.31. The van der Waals surface area contributed by atoms with E-state index in [0.717, 1.165) is 44.5 Å². The molecule has 0 saturated heterocycles. The first-order chi connectivity index (χ1) is 34.5. The number of pyridine rings is 2. The third-order valence-corrected chi connectivity index (χ3v) is 15.6. The summed E-state index contributed by atoms with van der Waals surface area (Å²) in [5, 5.41) is 15.4. The molecule has 6 aromatic heterocycles. The van der Waals surface area contributed by atoms with Gasteiger partial charge < -0.3 is 28.1 Å². The minimum atomic E-state index is -3.73. The molecular weight excluding hydrogens is 961 g/mol. The Morgan fingerprint density at radius 2 is 0.806 bits per heavy atom. The molecule has 0 radical (unpaired) electrons. The second kappa shape index (κ2) is 22.6. The summed E-state index contributed by atoms with van der Waals surface area (Å²) in [6.07, 6.45) is 13.2. The summed E-state index contributed by atoms with van der Waals surface area (Å²) in [4.78, 5) is 25.4. The van der Waals surface area contributed by atoms with Gasteiger partial charge in [-0.2, -0.15) is 0 Å². The maximum Gasteiger partial charge on any atom is 0.167 e. The molecular formula is C50H56N12O8S2. The number of ether oxygens (including phenoxy) is 4. The lowest BCUT2D eigenvalue weighted by molar-refractivity contribution is 0.383. The molecule has 0 N–H and O–H groups in total. The second-order valence-corrected chi connectivity index (χ2v) is 21.6. The van der Waals surface area contributed by atoms with Gasteiger partial charge in [-0.15, -0.1) is 20.4 Å². The Bertz CT molecular complexity index is 3120. The van der Waals surface area contributed by atoms with Gasteiger partial charge in [-0.3, -0.25) is 9.97 Å². The van der Waals surface area contributed by atoms with Crippen LogP contribution in [0, 0.1) is 27.7 Å². The van der Waals surface area contributed by atoms with E-state index < -0.39 is 30.2 Å². The number of nitrogens with zero attached hydrogens (tertiary/aromatic N) is 12. The number of hydrogen-bond acceptors (Lipinski definition) is 18. The van der Waals surface area contributed by atoms with E-state index in [0.29, 0.717) is 34.6 Å². The molecule has 8 rings (SSSR count). The topological polar surface area (TPSA) is 244 Å². The number of methoxy groups -OCH3 is 4. The zero-order chi connectivity index (χ0) is 51.7. The van der Waals surface area contributed by atoms with Crippen molar-refractivity contribution in [3.63, 3.8) is 0 Å². The van der Waals surface area contributed by atoms with Crippen LogP contribution in [0.5, 0.6) is 23.0 Å². The zero-order valence-corrected chi connectivity index (χ0v) is 43.3. The van der Waals surface area contributed by atoms with Crippen molar-refractivity contribution in [3.8, 4) is 45.8 Å². The first kappa shape index (κ1) is 52.1. The Balaban J connectivity index is 0.000000211. The van der Waals surface area contributed by atoms with Crippen LogP contribution in [-0.2, 0) is 44.3 Å². The van der Waals surface area contributed by atoms with Crippen molar-refractivity contribution >= 4 is 19.7 Å². The van der Waals surface area contributed by atoms with Gasteiger partial charge in [0.15, 0.2) is 31.3 Å². The fraction of sp³-hybridized carbons (Fsp3) is 0.320. The Hall–Kier alpha value is -7.72. The first-order valence-electron chi connectivity index (χ1n) is 22.5. The highest BCUT2D eigenvalue weighted by molar-refractivity contribution is 7.91. The van der Waals surface area contributed by atoms with E-state index in [2.05, 4.69) is 50.3 Å². The third-order valence-electron chi connectivity index (χ3n) is 11.7. The molecule has 22 heteroatoms. The second-order valence-electron chi connectivity index (χ2n) is 17.0. The molecule has 20 nitrogen and oxygen atoms in total. The van der Waals surface area contributed by atoms with Crippen molar-refractivity contribution in [2.24, 2.45) is 0 Å². The van der Waals surface area contributed by atoms with E-state index in [-0.39, 0.29) is 47.9 Å². The Morgan fingerprint density at radius 1 is 0.472 bits per heavy atom. The molecule has 0 unspecified atom stereocenters. The van der Waals surface area contributed by atoms with E-state index in [4.69, 9.17) is 18.9 Å². The lowest BCUT2D eigenvalue weighted by Crippen LogP contribution is -2.19. The lowest BCUT2D eigenvalue weighted by Gasteiger charge is -2.17. The van der Waals surface area contributed by atoms with Gasteiger partial charge in [0.2, 0.25) is 0 Å². The summed E-state index contributed by atoms with van der Waals surface area (Å²) in [6.45, 7) is 11.2. The maximum absolute atomic E-state index is 13.4. The lowest BCUT2D eigenvalue weighted by atomic mass is 10.1. The smallest absolute Gasteiger partial charge is 0.167 e. The maximum atomic E-state index is 13.4. The summed E-state index contributed by atoms with van der Waals surface area (Å²) < 4.78 is 79.4. The van der Waals surface area contributed by atoms with Crippen LogP contribution in [0.2, 0.25) is 0 Å². The van der Waals surface area contributed by atoms with Gasteiger partial charge in [0.1, 0.15) is 68.3 Å². The molecule has 376 valence electrons. The van der Waals surface area contributed by atoms with Crippen molar-refractivity contribution in [1.82, 2.24) is 59.4 Å². The van der Waals surface area contributed by atoms with E-state index in [1.807, 2.05) is 76.2 Å². The number of aryl methyl sites for hydroxylation is 4. The SMILES string of the molecule is COc1cccc(OC)c1Cn1c(CS(=O)(=O)[C@@H](C)c2ncc(C)cn2)nnc1-c1cncc(C)c1.COc1cccc(OC)c1Cn1c(CS(=O)(=O)[C@H](C)c2ncc(C)cn2)nnc1-c1cncc(C)c1. The molecule has 0 fully saturated rings. The highest BCUT2D eigenvalue weighted by Crippen LogP contribution is 2.34. The van der Waals surface area contributed by atoms with Crippen LogP contribution in [0.25, 0.3) is 22.8 Å². The predicted octanol–water partition coefficient (Wildman–Crippen LogP) is 6.98. The Morgan fingerprint density at radius 3 is 1.11 bits per heavy atom. The fourth-order valence-corrected chi connectivity index (χ4v) is 10.2. The molecule has 0 aliphatic rings. The van der Waals surface area contributed by atoms with E-state index in [1.165, 1.54) is 0 Å². The zero-order valence-electron chi connectivity index (χ0n) is 41.7. The van der Waals surface area contributed by atoms with Gasteiger partial charge in [0.05, 0.1) is 52.7 Å². The summed E-state index contributed by atoms with van der Waals surface area (Å²) in [7, 11) is -1.16. The normalized spacial score (nSPS) is 12.4. The van der Waals surface area contributed by atoms with Crippen molar-refractivity contribution < 1.29 is 35.8 Å². The van der Waals surface area contributed by atoms with Crippen LogP contribution < -0.4 is 18.9 Å². The van der Waals surface area contributed by atoms with Gasteiger partial charge in [0.25, 0.3) is 0 Å². The minimum Gasteiger partial charge on any atom is -0.496 e. The number of rotatable bonds is 18. The average molecular weight is 1020 g/mol. The quantitative estimate of drug-likeness (QED) is 0.0841. The summed E-state index contributed by atoms with van der Waals surface area (Å²) in [6, 6.07) is 14.8. The number of aromatic nitrogens is 12. The molecule has 0 aliphatic carbocycles. The molecule has 8 aromatic rings. The van der Waals surface area contributed by atoms with Gasteiger partial charge in [0, 0.05) is 60.7 Å². The molecule has 0 amide bonds. The largest absolute Gasteiger partial charge is 0.496 e. The van der Waals surface area contributed by atoms with E-state index in [1.54, 1.807) is 101 Å². The van der Waals surface area contributed by atoms with E-state index in [9.17, 15) is 16.8 Å². The number of benzene rings is 2. The van der Waals surface area contributed by atoms with Crippen molar-refractivity contribution in [1.29, 1.82) is 0 Å². The molecule has 0 bridgehead atoms. The summed E-state index contributed by atoms with van der Waals surface area (Å²) in [5.41, 5.74) is 6.49. The van der Waals surface area contributed by atoms with Crippen molar-refractivity contribution in [3.05, 3.63) is 155 Å². The minimum absolute atomic E-state index is 0.226. The van der Waals surface area contributed by atoms with Gasteiger partial charge in [-0.25, -0.2) is 36.8 Å². The molecule has 2 atom stereocenters. The van der Waals surface area contributed by atoms with Crippen LogP contribution in [0.3, 0.4) is 0 Å². The van der Waals surface area contributed by atoms with Crippen molar-refractivity contribution in [2.45, 2.75) is 76.6 Å². The fourth-order valence-electron chi connectivity index (χ4n) is 7.64. The molecule has 2 aromatic carbocycles.